The third-order valence-corrected chi connectivity index (χ3v) is 2.52. The van der Waals surface area contributed by atoms with E-state index in [-0.39, 0.29) is 5.71 Å². The van der Waals surface area contributed by atoms with Gasteiger partial charge in [-0.05, 0) is 29.3 Å². The summed E-state index contributed by atoms with van der Waals surface area (Å²) in [6.07, 6.45) is 6.64. The van der Waals surface area contributed by atoms with Gasteiger partial charge in [-0.1, -0.05) is 5.16 Å². The van der Waals surface area contributed by atoms with Crippen molar-refractivity contribution in [3.8, 4) is 17.3 Å². The second kappa shape index (κ2) is 6.15. The lowest BCUT2D eigenvalue weighted by Crippen LogP contribution is -2.28. The van der Waals surface area contributed by atoms with Crippen molar-refractivity contribution in [2.75, 3.05) is 7.11 Å². The van der Waals surface area contributed by atoms with Gasteiger partial charge in [-0.2, -0.15) is 5.26 Å². The third-order valence-electron chi connectivity index (χ3n) is 2.52. The van der Waals surface area contributed by atoms with Crippen LogP contribution in [0.3, 0.4) is 0 Å². The average molecular weight is 269 g/mol. The molecule has 0 radical (unpaired) electrons. The van der Waals surface area contributed by atoms with Crippen molar-refractivity contribution in [2.24, 2.45) is 5.16 Å². The normalized spacial score (nSPS) is 10.7. The highest BCUT2D eigenvalue weighted by Crippen LogP contribution is 2.19. The Balaban J connectivity index is 2.33. The Morgan fingerprint density at radius 2 is 2.20 bits per heavy atom. The van der Waals surface area contributed by atoms with Gasteiger partial charge in [0.2, 0.25) is 0 Å². The predicted octanol–water partition coefficient (Wildman–Crippen LogP) is 1.02. The van der Waals surface area contributed by atoms with Gasteiger partial charge in [-0.3, -0.25) is 15.1 Å². The lowest BCUT2D eigenvalue weighted by molar-refractivity contribution is -0.113. The van der Waals surface area contributed by atoms with Crippen LogP contribution in [0.4, 0.5) is 0 Å². The number of hydrogen-bond donors (Lipinski definition) is 2. The molecule has 0 aliphatic carbocycles. The molecule has 7 nitrogen and oxygen atoms in total. The summed E-state index contributed by atoms with van der Waals surface area (Å²) < 4.78 is 0. The van der Waals surface area contributed by atoms with Gasteiger partial charge in [0.1, 0.15) is 7.11 Å². The highest BCUT2D eigenvalue weighted by molar-refractivity contribution is 6.45. The first-order valence-electron chi connectivity index (χ1n) is 5.66. The maximum Gasteiger partial charge on any atom is 0.288 e. The summed E-state index contributed by atoms with van der Waals surface area (Å²) in [7, 11) is 1.33. The molecule has 20 heavy (non-hydrogen) atoms. The molecule has 7 heteroatoms. The van der Waals surface area contributed by atoms with Crippen molar-refractivity contribution >= 4 is 11.6 Å². The number of amides is 1. The fourth-order valence-electron chi connectivity index (χ4n) is 1.66. The molecule has 2 N–H and O–H groups in total. The Bertz CT molecular complexity index is 670. The van der Waals surface area contributed by atoms with Crippen LogP contribution >= 0.6 is 0 Å². The van der Waals surface area contributed by atoms with E-state index in [0.29, 0.717) is 5.69 Å². The minimum Gasteiger partial charge on any atom is -0.398 e. The van der Waals surface area contributed by atoms with Gasteiger partial charge in [0, 0.05) is 18.6 Å². The van der Waals surface area contributed by atoms with Gasteiger partial charge in [-0.25, -0.2) is 0 Å². The van der Waals surface area contributed by atoms with Crippen molar-refractivity contribution in [3.05, 3.63) is 42.5 Å². The van der Waals surface area contributed by atoms with Crippen molar-refractivity contribution < 1.29 is 9.63 Å². The van der Waals surface area contributed by atoms with E-state index < -0.39 is 5.91 Å². The van der Waals surface area contributed by atoms with Crippen LogP contribution in [0.2, 0.25) is 0 Å². The van der Waals surface area contributed by atoms with Gasteiger partial charge in [0.15, 0.2) is 11.9 Å². The number of hydrogen-bond acceptors (Lipinski definition) is 5. The van der Waals surface area contributed by atoms with Crippen molar-refractivity contribution in [1.29, 1.82) is 5.26 Å². The van der Waals surface area contributed by atoms with Gasteiger partial charge in [0.25, 0.3) is 5.91 Å². The van der Waals surface area contributed by atoms with Crippen molar-refractivity contribution in [3.63, 3.8) is 0 Å². The minimum absolute atomic E-state index is 0.00523. The highest BCUT2D eigenvalue weighted by atomic mass is 16.6. The highest BCUT2D eigenvalue weighted by Gasteiger charge is 2.17. The van der Waals surface area contributed by atoms with E-state index in [2.05, 4.69) is 20.0 Å². The number of nitrogens with zero attached hydrogens (tertiary/aromatic N) is 3. The van der Waals surface area contributed by atoms with Gasteiger partial charge in [0.05, 0.1) is 5.69 Å². The van der Waals surface area contributed by atoms with Crippen LogP contribution in [-0.2, 0) is 9.63 Å². The predicted molar refractivity (Wildman–Crippen MR) is 71.3 cm³/mol. The molecule has 0 saturated heterocycles. The zero-order valence-electron chi connectivity index (χ0n) is 10.6. The second-order valence-electron chi connectivity index (χ2n) is 3.73. The number of nitriles is 1. The molecule has 0 aromatic carbocycles. The van der Waals surface area contributed by atoms with Crippen molar-refractivity contribution in [1.82, 2.24) is 15.3 Å². The number of rotatable bonds is 4. The van der Waals surface area contributed by atoms with Crippen LogP contribution in [0.5, 0.6) is 0 Å². The first kappa shape index (κ1) is 13.3. The first-order chi connectivity index (χ1) is 9.76. The number of aromatic nitrogens is 2. The molecular formula is C13H11N5O2. The third kappa shape index (κ3) is 2.81. The number of carbonyl (C=O) groups excluding carboxylic acids is 1. The van der Waals surface area contributed by atoms with Crippen LogP contribution in [0.25, 0.3) is 11.1 Å². The van der Waals surface area contributed by atoms with Crippen LogP contribution in [0, 0.1) is 11.5 Å². The fraction of sp³-hybridized carbons (Fsp3) is 0.0769. The van der Waals surface area contributed by atoms with E-state index in [0.717, 1.165) is 11.1 Å². The molecule has 0 spiro atoms. The Hall–Kier alpha value is -3.14. The zero-order chi connectivity index (χ0) is 14.4. The molecule has 2 rings (SSSR count). The largest absolute Gasteiger partial charge is 0.398 e. The van der Waals surface area contributed by atoms with Gasteiger partial charge in [-0.15, -0.1) is 0 Å². The second-order valence-corrected chi connectivity index (χ2v) is 3.73. The smallest absolute Gasteiger partial charge is 0.288 e. The summed E-state index contributed by atoms with van der Waals surface area (Å²) in [5.74, 6) is -0.641. The molecule has 2 heterocycles. The number of nitrogens with one attached hydrogen (secondary N) is 2. The molecule has 0 aliphatic rings. The SMILES string of the molecule is CO/N=C(\C(=O)NC#N)c1cc(-c2ccncc2)c[nH]1. The topological polar surface area (TPSA) is 103 Å². The van der Waals surface area contributed by atoms with Crippen LogP contribution in [0.1, 0.15) is 5.69 Å². The molecule has 0 aliphatic heterocycles. The van der Waals surface area contributed by atoms with Crippen LogP contribution in [0.15, 0.2) is 41.9 Å². The summed E-state index contributed by atoms with van der Waals surface area (Å²) in [5.41, 5.74) is 2.26. The summed E-state index contributed by atoms with van der Waals surface area (Å²) in [6, 6.07) is 5.43. The lowest BCUT2D eigenvalue weighted by atomic mass is 10.1. The maximum atomic E-state index is 11.7. The van der Waals surface area contributed by atoms with Gasteiger partial charge < -0.3 is 9.82 Å². The van der Waals surface area contributed by atoms with Crippen LogP contribution < -0.4 is 5.32 Å². The minimum atomic E-state index is -0.641. The summed E-state index contributed by atoms with van der Waals surface area (Å²) in [6.45, 7) is 0. The van der Waals surface area contributed by atoms with E-state index in [1.165, 1.54) is 7.11 Å². The van der Waals surface area contributed by atoms with E-state index in [1.54, 1.807) is 30.9 Å². The molecule has 0 fully saturated rings. The summed E-state index contributed by atoms with van der Waals surface area (Å²) in [4.78, 5) is 23.2. The van der Waals surface area contributed by atoms with E-state index >= 15 is 0 Å². The lowest BCUT2D eigenvalue weighted by Gasteiger charge is -2.00. The number of carbonyl (C=O) groups is 1. The molecule has 2 aromatic rings. The number of pyridine rings is 1. The maximum absolute atomic E-state index is 11.7. The zero-order valence-corrected chi connectivity index (χ0v) is 10.6. The molecule has 0 unspecified atom stereocenters. The monoisotopic (exact) mass is 269 g/mol. The Morgan fingerprint density at radius 3 is 2.85 bits per heavy atom. The van der Waals surface area contributed by atoms with E-state index in [9.17, 15) is 4.79 Å². The molecule has 2 aromatic heterocycles. The molecular weight excluding hydrogens is 258 g/mol. The summed E-state index contributed by atoms with van der Waals surface area (Å²) >= 11 is 0. The Kier molecular flexibility index (Phi) is 4.09. The quantitative estimate of drug-likeness (QED) is 0.374. The molecule has 1 amide bonds. The molecule has 100 valence electrons. The average Bonchev–Trinajstić information content (AvgIpc) is 2.95. The van der Waals surface area contributed by atoms with E-state index in [4.69, 9.17) is 5.26 Å². The standard InChI is InChI=1S/C13H11N5O2/c1-20-18-12(13(19)17-8-14)11-6-10(7-16-11)9-2-4-15-5-3-9/h2-7,16H,1H3,(H,17,19)/b18-12-. The van der Waals surface area contributed by atoms with Gasteiger partial charge >= 0.3 is 0 Å². The van der Waals surface area contributed by atoms with E-state index in [1.807, 2.05) is 17.4 Å². The fourth-order valence-corrected chi connectivity index (χ4v) is 1.66. The Morgan fingerprint density at radius 1 is 1.45 bits per heavy atom. The first-order valence-corrected chi connectivity index (χ1v) is 5.66. The number of H-pyrrole nitrogens is 1. The summed E-state index contributed by atoms with van der Waals surface area (Å²) in [5, 5.41) is 14.1. The molecule has 0 atom stereocenters. The number of oxime groups is 1. The molecule has 0 saturated carbocycles. The van der Waals surface area contributed by atoms with Crippen molar-refractivity contribution in [2.45, 2.75) is 0 Å². The molecule has 0 bridgehead atoms. The number of aromatic amines is 1. The Labute approximate surface area is 114 Å². The van der Waals surface area contributed by atoms with Crippen LogP contribution in [-0.4, -0.2) is 28.7 Å².